The predicted molar refractivity (Wildman–Crippen MR) is 139 cm³/mol. The summed E-state index contributed by atoms with van der Waals surface area (Å²) in [6.07, 6.45) is 0. The molecule has 0 unspecified atom stereocenters. The molecule has 0 bridgehead atoms. The van der Waals surface area contributed by atoms with Crippen LogP contribution in [-0.2, 0) is 14.8 Å². The van der Waals surface area contributed by atoms with Crippen molar-refractivity contribution in [2.24, 2.45) is 0 Å². The van der Waals surface area contributed by atoms with Crippen molar-refractivity contribution in [3.63, 3.8) is 0 Å². The number of anilines is 2. The Morgan fingerprint density at radius 1 is 1.09 bits per heavy atom. The van der Waals surface area contributed by atoms with Gasteiger partial charge in [0.2, 0.25) is 11.8 Å². The molecule has 2 heterocycles. The van der Waals surface area contributed by atoms with Gasteiger partial charge in [-0.3, -0.25) is 9.52 Å². The Morgan fingerprint density at radius 2 is 1.83 bits per heavy atom. The number of hydrogen-bond donors (Lipinski definition) is 2. The maximum atomic E-state index is 12.7. The molecule has 9 nitrogen and oxygen atoms in total. The zero-order chi connectivity index (χ0) is 25.0. The highest BCUT2D eigenvalue weighted by atomic mass is 35.5. The molecule has 0 radical (unpaired) electrons. The predicted octanol–water partition coefficient (Wildman–Crippen LogP) is 4.89. The minimum Gasteiger partial charge on any atom is -0.481 e. The summed E-state index contributed by atoms with van der Waals surface area (Å²) in [5, 5.41) is 4.36. The van der Waals surface area contributed by atoms with Crippen LogP contribution >= 0.6 is 34.7 Å². The minimum absolute atomic E-state index is 0.0111. The lowest BCUT2D eigenvalue weighted by Crippen LogP contribution is -2.16. The lowest BCUT2D eigenvalue weighted by Gasteiger charge is -2.10. The third kappa shape index (κ3) is 5.96. The number of benzene rings is 2. The van der Waals surface area contributed by atoms with Gasteiger partial charge in [0.1, 0.15) is 0 Å². The number of ether oxygens (including phenoxy) is 2. The quantitative estimate of drug-likeness (QED) is 0.283. The number of hydrogen-bond acceptors (Lipinski definition) is 9. The van der Waals surface area contributed by atoms with Crippen LogP contribution in [-0.4, -0.2) is 44.3 Å². The first-order valence-corrected chi connectivity index (χ1v) is 13.6. The summed E-state index contributed by atoms with van der Waals surface area (Å²) in [6.45, 7) is 0. The van der Waals surface area contributed by atoms with Crippen molar-refractivity contribution in [2.45, 2.75) is 9.10 Å². The van der Waals surface area contributed by atoms with Gasteiger partial charge in [0, 0.05) is 21.8 Å². The molecule has 182 valence electrons. The van der Waals surface area contributed by atoms with Gasteiger partial charge in [0.05, 0.1) is 34.1 Å². The Hall–Kier alpha value is -3.06. The molecule has 4 aromatic rings. The van der Waals surface area contributed by atoms with E-state index in [9.17, 15) is 13.2 Å². The van der Waals surface area contributed by atoms with Crippen LogP contribution in [0.5, 0.6) is 11.9 Å². The van der Waals surface area contributed by atoms with Crippen molar-refractivity contribution >= 4 is 72.2 Å². The highest BCUT2D eigenvalue weighted by Gasteiger charge is 2.17. The average Bonchev–Trinajstić information content (AvgIpc) is 3.18. The van der Waals surface area contributed by atoms with Crippen molar-refractivity contribution < 1.29 is 22.7 Å². The van der Waals surface area contributed by atoms with Crippen LogP contribution < -0.4 is 19.5 Å². The lowest BCUT2D eigenvalue weighted by atomic mass is 10.3. The summed E-state index contributed by atoms with van der Waals surface area (Å²) in [7, 11) is -1.21. The number of rotatable bonds is 9. The molecule has 0 aliphatic rings. The van der Waals surface area contributed by atoms with Crippen LogP contribution in [0.4, 0.5) is 11.5 Å². The Labute approximate surface area is 214 Å². The summed E-state index contributed by atoms with van der Waals surface area (Å²) in [4.78, 5) is 20.3. The minimum atomic E-state index is -3.95. The molecule has 2 N–H and O–H groups in total. The number of halogens is 1. The van der Waals surface area contributed by atoms with Crippen LogP contribution in [0.3, 0.4) is 0 Å². The van der Waals surface area contributed by atoms with Crippen LogP contribution in [0.25, 0.3) is 10.1 Å². The van der Waals surface area contributed by atoms with Gasteiger partial charge in [0.15, 0.2) is 5.82 Å². The topological polar surface area (TPSA) is 120 Å². The second kappa shape index (κ2) is 10.7. The van der Waals surface area contributed by atoms with Gasteiger partial charge in [-0.05, 0) is 30.3 Å². The van der Waals surface area contributed by atoms with Gasteiger partial charge in [-0.25, -0.2) is 8.42 Å². The van der Waals surface area contributed by atoms with E-state index in [0.717, 1.165) is 14.3 Å². The Morgan fingerprint density at radius 3 is 2.51 bits per heavy atom. The van der Waals surface area contributed by atoms with E-state index in [-0.39, 0.29) is 34.3 Å². The molecule has 13 heteroatoms. The number of thioether (sulfide) groups is 1. The standard InChI is InChI=1S/C22H19ClN4O5S3/c1-31-19-11-17(25-22(26-19)32-2)27-35(29,30)14-9-7-13(8-10-14)24-18(28)12-33-21-20(23)15-5-3-4-6-16(15)34-21/h3-11H,12H2,1-2H3,(H,24,28)(H,25,26,27). The third-order valence-electron chi connectivity index (χ3n) is 4.60. The first kappa shape index (κ1) is 25.0. The molecule has 0 saturated carbocycles. The van der Waals surface area contributed by atoms with Gasteiger partial charge < -0.3 is 14.8 Å². The number of methoxy groups -OCH3 is 2. The molecule has 2 aromatic carbocycles. The molecular formula is C22H19ClN4O5S3. The number of carbonyl (C=O) groups is 1. The third-order valence-corrected chi connectivity index (χ3v) is 9.03. The fraction of sp³-hybridized carbons (Fsp3) is 0.136. The fourth-order valence-corrected chi connectivity index (χ4v) is 6.55. The number of amides is 1. The molecule has 0 saturated heterocycles. The molecule has 0 fully saturated rings. The molecule has 0 spiro atoms. The van der Waals surface area contributed by atoms with Crippen molar-refractivity contribution in [2.75, 3.05) is 30.0 Å². The highest BCUT2D eigenvalue weighted by Crippen LogP contribution is 2.41. The number of thiophene rings is 1. The van der Waals surface area contributed by atoms with E-state index in [1.54, 1.807) is 0 Å². The zero-order valence-electron chi connectivity index (χ0n) is 18.4. The molecule has 0 atom stereocenters. The van der Waals surface area contributed by atoms with Crippen molar-refractivity contribution in [3.8, 4) is 11.9 Å². The molecular weight excluding hydrogens is 532 g/mol. The van der Waals surface area contributed by atoms with E-state index in [1.165, 1.54) is 67.7 Å². The number of nitrogens with one attached hydrogen (secondary N) is 2. The molecule has 0 aliphatic heterocycles. The summed E-state index contributed by atoms with van der Waals surface area (Å²) in [5.41, 5.74) is 0.461. The fourth-order valence-electron chi connectivity index (χ4n) is 2.98. The first-order valence-electron chi connectivity index (χ1n) is 9.98. The number of nitrogens with zero attached hydrogens (tertiary/aromatic N) is 2. The van der Waals surface area contributed by atoms with Crippen LogP contribution in [0.15, 0.2) is 63.7 Å². The summed E-state index contributed by atoms with van der Waals surface area (Å²) >= 11 is 9.31. The van der Waals surface area contributed by atoms with Crippen LogP contribution in [0.1, 0.15) is 0 Å². The Kier molecular flexibility index (Phi) is 7.65. The maximum Gasteiger partial charge on any atom is 0.321 e. The maximum absolute atomic E-state index is 12.7. The molecule has 1 amide bonds. The highest BCUT2D eigenvalue weighted by molar-refractivity contribution is 8.02. The SMILES string of the molecule is COc1cc(NS(=O)(=O)c2ccc(NC(=O)CSc3sc4ccccc4c3Cl)cc2)nc(OC)n1. The summed E-state index contributed by atoms with van der Waals surface area (Å²) in [6, 6.07) is 14.8. The van der Waals surface area contributed by atoms with Crippen molar-refractivity contribution in [1.29, 1.82) is 0 Å². The molecule has 4 rings (SSSR count). The summed E-state index contributed by atoms with van der Waals surface area (Å²) < 4.78 is 39.8. The summed E-state index contributed by atoms with van der Waals surface area (Å²) in [5.74, 6) is 0.0498. The molecule has 2 aromatic heterocycles. The van der Waals surface area contributed by atoms with E-state index in [1.807, 2.05) is 24.3 Å². The van der Waals surface area contributed by atoms with E-state index in [0.29, 0.717) is 10.7 Å². The second-order valence-corrected chi connectivity index (χ2v) is 11.3. The molecule has 35 heavy (non-hydrogen) atoms. The van der Waals surface area contributed by atoms with Gasteiger partial charge >= 0.3 is 6.01 Å². The average molecular weight is 551 g/mol. The second-order valence-electron chi connectivity index (χ2n) is 6.95. The smallest absolute Gasteiger partial charge is 0.321 e. The largest absolute Gasteiger partial charge is 0.481 e. The number of sulfonamides is 1. The van der Waals surface area contributed by atoms with Crippen molar-refractivity contribution in [1.82, 2.24) is 9.97 Å². The normalized spacial score (nSPS) is 11.3. The van der Waals surface area contributed by atoms with Gasteiger partial charge in [-0.1, -0.05) is 29.8 Å². The van der Waals surface area contributed by atoms with E-state index < -0.39 is 10.0 Å². The monoisotopic (exact) mass is 550 g/mol. The first-order chi connectivity index (χ1) is 16.8. The number of carbonyl (C=O) groups excluding carboxylic acids is 1. The van der Waals surface area contributed by atoms with Gasteiger partial charge in [0.25, 0.3) is 10.0 Å². The van der Waals surface area contributed by atoms with E-state index in [2.05, 4.69) is 20.0 Å². The number of fused-ring (bicyclic) bond motifs is 1. The van der Waals surface area contributed by atoms with Crippen LogP contribution in [0, 0.1) is 0 Å². The molecule has 0 aliphatic carbocycles. The Bertz CT molecular complexity index is 1450. The van der Waals surface area contributed by atoms with Crippen LogP contribution in [0.2, 0.25) is 5.02 Å². The zero-order valence-corrected chi connectivity index (χ0v) is 21.6. The van der Waals surface area contributed by atoms with E-state index >= 15 is 0 Å². The Balaban J connectivity index is 1.39. The van der Waals surface area contributed by atoms with E-state index in [4.69, 9.17) is 21.1 Å². The van der Waals surface area contributed by atoms with Gasteiger partial charge in [-0.2, -0.15) is 9.97 Å². The van der Waals surface area contributed by atoms with Gasteiger partial charge in [-0.15, -0.1) is 23.1 Å². The van der Waals surface area contributed by atoms with Crippen molar-refractivity contribution in [3.05, 3.63) is 59.6 Å². The lowest BCUT2D eigenvalue weighted by molar-refractivity contribution is -0.113. The number of aromatic nitrogens is 2.